The number of carbonyl (C=O) groups excluding carboxylic acids is 1. The van der Waals surface area contributed by atoms with Crippen LogP contribution in [-0.4, -0.2) is 45.5 Å². The third kappa shape index (κ3) is 4.12. The first-order valence-electron chi connectivity index (χ1n) is 10.4. The highest BCUT2D eigenvalue weighted by molar-refractivity contribution is 6.00. The highest BCUT2D eigenvalue weighted by Gasteiger charge is 2.38. The van der Waals surface area contributed by atoms with Gasteiger partial charge in [-0.3, -0.25) is 4.79 Å². The molecule has 0 saturated carbocycles. The molecule has 0 bridgehead atoms. The van der Waals surface area contributed by atoms with E-state index in [2.05, 4.69) is 20.5 Å². The van der Waals surface area contributed by atoms with Crippen molar-refractivity contribution >= 4 is 11.6 Å². The molecule has 0 radical (unpaired) electrons. The Bertz CT molecular complexity index is 1290. The van der Waals surface area contributed by atoms with Crippen LogP contribution < -0.4 is 0 Å². The number of benzene rings is 2. The molecule has 33 heavy (non-hydrogen) atoms. The Morgan fingerprint density at radius 1 is 1.06 bits per heavy atom. The van der Waals surface area contributed by atoms with Crippen molar-refractivity contribution in [1.29, 1.82) is 0 Å². The van der Waals surface area contributed by atoms with Crippen LogP contribution in [0.1, 0.15) is 34.5 Å². The molecule has 3 heterocycles. The Balaban J connectivity index is 1.42. The number of hydrogen-bond donors (Lipinski definition) is 0. The third-order valence-electron chi connectivity index (χ3n) is 5.46. The second-order valence-corrected chi connectivity index (χ2v) is 7.72. The lowest BCUT2D eigenvalue weighted by Gasteiger charge is -2.21. The molecule has 1 aliphatic heterocycles. The maximum absolute atomic E-state index is 13.4. The average Bonchev–Trinajstić information content (AvgIpc) is 3.59. The van der Waals surface area contributed by atoms with E-state index in [0.717, 1.165) is 11.1 Å². The van der Waals surface area contributed by atoms with Crippen molar-refractivity contribution in [2.75, 3.05) is 13.7 Å². The maximum Gasteiger partial charge on any atom is 0.254 e. The highest BCUT2D eigenvalue weighted by Crippen LogP contribution is 2.33. The quantitative estimate of drug-likeness (QED) is 0.424. The van der Waals surface area contributed by atoms with Crippen LogP contribution in [0.5, 0.6) is 0 Å². The summed E-state index contributed by atoms with van der Waals surface area (Å²) >= 11 is 0. The molecule has 0 aliphatic carbocycles. The number of oxime groups is 1. The van der Waals surface area contributed by atoms with E-state index in [1.54, 1.807) is 17.9 Å². The molecule has 1 unspecified atom stereocenters. The van der Waals surface area contributed by atoms with Crippen molar-refractivity contribution < 1.29 is 18.7 Å². The van der Waals surface area contributed by atoms with Gasteiger partial charge in [0.05, 0.1) is 12.3 Å². The molecule has 166 valence electrons. The minimum Gasteiger partial charge on any atom is -0.399 e. The van der Waals surface area contributed by atoms with Crippen molar-refractivity contribution in [3.63, 3.8) is 0 Å². The van der Waals surface area contributed by atoms with Gasteiger partial charge >= 0.3 is 0 Å². The van der Waals surface area contributed by atoms with Gasteiger partial charge in [0.25, 0.3) is 5.91 Å². The first-order chi connectivity index (χ1) is 16.1. The van der Waals surface area contributed by atoms with E-state index in [0.29, 0.717) is 47.4 Å². The Kier molecular flexibility index (Phi) is 5.43. The van der Waals surface area contributed by atoms with Gasteiger partial charge in [-0.25, -0.2) is 0 Å². The standard InChI is InChI=1S/C24H21N5O4/c1-15-12-20(27-32-15)22-25-23(33-28-22)21-13-19(26-31-2)14-29(21)24(30)18-10-8-17(9-11-18)16-6-4-3-5-7-16/h3-12,21H,13-14H2,1-2H3/b26-19+. The normalized spacial score (nSPS) is 17.0. The van der Waals surface area contributed by atoms with E-state index in [1.165, 1.54) is 7.11 Å². The van der Waals surface area contributed by atoms with Crippen LogP contribution in [0.4, 0.5) is 0 Å². The molecule has 9 nitrogen and oxygen atoms in total. The first kappa shape index (κ1) is 20.6. The zero-order chi connectivity index (χ0) is 22.8. The molecule has 0 spiro atoms. The summed E-state index contributed by atoms with van der Waals surface area (Å²) in [5.74, 6) is 1.10. The highest BCUT2D eigenvalue weighted by atomic mass is 16.6. The van der Waals surface area contributed by atoms with E-state index >= 15 is 0 Å². The monoisotopic (exact) mass is 443 g/mol. The number of rotatable bonds is 5. The molecule has 1 aliphatic rings. The predicted octanol–water partition coefficient (Wildman–Crippen LogP) is 4.29. The molecule has 2 aromatic heterocycles. The second-order valence-electron chi connectivity index (χ2n) is 7.72. The number of nitrogens with zero attached hydrogens (tertiary/aromatic N) is 5. The van der Waals surface area contributed by atoms with Crippen molar-refractivity contribution in [2.24, 2.45) is 5.16 Å². The van der Waals surface area contributed by atoms with Gasteiger partial charge in [-0.05, 0) is 30.2 Å². The molecular formula is C24H21N5O4. The summed E-state index contributed by atoms with van der Waals surface area (Å²) in [6, 6.07) is 18.8. The lowest BCUT2D eigenvalue weighted by Crippen LogP contribution is -2.31. The lowest BCUT2D eigenvalue weighted by atomic mass is 10.0. The van der Waals surface area contributed by atoms with Gasteiger partial charge in [0.1, 0.15) is 18.9 Å². The minimum absolute atomic E-state index is 0.155. The SMILES string of the molecule is CO/N=C1\CC(c2nc(-c3cc(C)on3)no2)N(C(=O)c2ccc(-c3ccccc3)cc2)C1. The molecule has 0 N–H and O–H groups in total. The molecule has 5 rings (SSSR count). The smallest absolute Gasteiger partial charge is 0.254 e. The summed E-state index contributed by atoms with van der Waals surface area (Å²) in [5, 5.41) is 12.0. The molecule has 2 aromatic carbocycles. The Hall–Kier alpha value is -4.27. The summed E-state index contributed by atoms with van der Waals surface area (Å²) in [7, 11) is 1.48. The number of amides is 1. The zero-order valence-electron chi connectivity index (χ0n) is 18.1. The van der Waals surface area contributed by atoms with E-state index < -0.39 is 6.04 Å². The largest absolute Gasteiger partial charge is 0.399 e. The third-order valence-corrected chi connectivity index (χ3v) is 5.46. The van der Waals surface area contributed by atoms with Gasteiger partial charge in [-0.2, -0.15) is 4.98 Å². The molecule has 1 amide bonds. The van der Waals surface area contributed by atoms with E-state index in [4.69, 9.17) is 13.9 Å². The topological polar surface area (TPSA) is 107 Å². The summed E-state index contributed by atoms with van der Waals surface area (Å²) in [6.45, 7) is 2.09. The zero-order valence-corrected chi connectivity index (χ0v) is 18.1. The molecular weight excluding hydrogens is 422 g/mol. The number of aryl methyl sites for hydroxylation is 1. The van der Waals surface area contributed by atoms with Crippen molar-refractivity contribution in [3.8, 4) is 22.6 Å². The number of likely N-dealkylation sites (tertiary alicyclic amines) is 1. The second kappa shape index (κ2) is 8.70. The van der Waals surface area contributed by atoms with Crippen LogP contribution in [0.2, 0.25) is 0 Å². The summed E-state index contributed by atoms with van der Waals surface area (Å²) < 4.78 is 10.6. The summed E-state index contributed by atoms with van der Waals surface area (Å²) in [6.07, 6.45) is 0.432. The lowest BCUT2D eigenvalue weighted by molar-refractivity contribution is 0.0713. The first-order valence-corrected chi connectivity index (χ1v) is 10.4. The van der Waals surface area contributed by atoms with Gasteiger partial charge < -0.3 is 18.8 Å². The van der Waals surface area contributed by atoms with Gasteiger partial charge in [0, 0.05) is 18.1 Å². The van der Waals surface area contributed by atoms with Crippen molar-refractivity contribution in [1.82, 2.24) is 20.2 Å². The van der Waals surface area contributed by atoms with E-state index in [9.17, 15) is 4.79 Å². The van der Waals surface area contributed by atoms with Gasteiger partial charge in [0.15, 0.2) is 5.69 Å². The average molecular weight is 443 g/mol. The Morgan fingerprint density at radius 2 is 1.82 bits per heavy atom. The molecule has 1 fully saturated rings. The number of aromatic nitrogens is 3. The Morgan fingerprint density at radius 3 is 2.52 bits per heavy atom. The van der Waals surface area contributed by atoms with Crippen LogP contribution in [0.3, 0.4) is 0 Å². The molecule has 1 saturated heterocycles. The van der Waals surface area contributed by atoms with E-state index in [1.807, 2.05) is 54.6 Å². The Labute approximate surface area is 189 Å². The van der Waals surface area contributed by atoms with Crippen LogP contribution in [0, 0.1) is 6.92 Å². The summed E-state index contributed by atoms with van der Waals surface area (Å²) in [4.78, 5) is 24.5. The molecule has 1 atom stereocenters. The molecule has 4 aromatic rings. The maximum atomic E-state index is 13.4. The van der Waals surface area contributed by atoms with Crippen LogP contribution in [-0.2, 0) is 4.84 Å². The van der Waals surface area contributed by atoms with Crippen LogP contribution in [0.15, 0.2) is 74.9 Å². The van der Waals surface area contributed by atoms with Crippen molar-refractivity contribution in [2.45, 2.75) is 19.4 Å². The molecule has 9 heteroatoms. The fourth-order valence-electron chi connectivity index (χ4n) is 3.88. The van der Waals surface area contributed by atoms with Gasteiger partial charge in [-0.15, -0.1) is 0 Å². The van der Waals surface area contributed by atoms with E-state index in [-0.39, 0.29) is 5.91 Å². The van der Waals surface area contributed by atoms with Crippen molar-refractivity contribution in [3.05, 3.63) is 77.9 Å². The summed E-state index contributed by atoms with van der Waals surface area (Å²) in [5.41, 5.74) is 3.88. The number of carbonyl (C=O) groups is 1. The fraction of sp³-hybridized carbons (Fsp3) is 0.208. The van der Waals surface area contributed by atoms with Crippen LogP contribution >= 0.6 is 0 Å². The number of hydrogen-bond acceptors (Lipinski definition) is 8. The fourth-order valence-corrected chi connectivity index (χ4v) is 3.88. The minimum atomic E-state index is -0.463. The van der Waals surface area contributed by atoms with Gasteiger partial charge in [0.2, 0.25) is 11.7 Å². The predicted molar refractivity (Wildman–Crippen MR) is 119 cm³/mol. The van der Waals surface area contributed by atoms with Gasteiger partial charge in [-0.1, -0.05) is 57.9 Å². The van der Waals surface area contributed by atoms with Crippen LogP contribution in [0.25, 0.3) is 22.6 Å².